The number of hydrogen-bond acceptors (Lipinski definition) is 3. The molecule has 2 aromatic heterocycles. The van der Waals surface area contributed by atoms with Crippen LogP contribution in [0.2, 0.25) is 0 Å². The highest BCUT2D eigenvalue weighted by Gasteiger charge is 2.34. The molecule has 6 nitrogen and oxygen atoms in total. The molecule has 1 aliphatic rings. The summed E-state index contributed by atoms with van der Waals surface area (Å²) in [5.74, 6) is 0. The zero-order chi connectivity index (χ0) is 16.3. The van der Waals surface area contributed by atoms with Crippen molar-refractivity contribution in [2.45, 2.75) is 44.6 Å². The Kier molecular flexibility index (Phi) is 4.52. The van der Waals surface area contributed by atoms with E-state index in [1.807, 2.05) is 35.9 Å². The van der Waals surface area contributed by atoms with Gasteiger partial charge in [0.15, 0.2) is 0 Å². The van der Waals surface area contributed by atoms with Crippen LogP contribution in [-0.2, 0) is 6.42 Å². The smallest absolute Gasteiger partial charge is 0.315 e. The average Bonchev–Trinajstić information content (AvgIpc) is 3.15. The van der Waals surface area contributed by atoms with E-state index in [0.29, 0.717) is 13.0 Å². The Labute approximate surface area is 135 Å². The zero-order valence-electron chi connectivity index (χ0n) is 13.5. The Morgan fingerprint density at radius 1 is 1.43 bits per heavy atom. The minimum absolute atomic E-state index is 0.00608. The van der Waals surface area contributed by atoms with Gasteiger partial charge in [0, 0.05) is 25.4 Å². The van der Waals surface area contributed by atoms with E-state index in [4.69, 9.17) is 0 Å². The molecule has 1 fully saturated rings. The second-order valence-corrected chi connectivity index (χ2v) is 6.43. The monoisotopic (exact) mass is 316 g/mol. The summed E-state index contributed by atoms with van der Waals surface area (Å²) in [6.07, 6.45) is 8.47. The number of carbonyl (C=O) groups excluding carboxylic acids is 1. The average molecular weight is 316 g/mol. The summed E-state index contributed by atoms with van der Waals surface area (Å²) in [7, 11) is 0. The van der Waals surface area contributed by atoms with E-state index < -0.39 is 5.54 Å². The topological polar surface area (TPSA) is 78.7 Å². The minimum atomic E-state index is -0.426. The molecule has 0 aromatic carbocycles. The lowest BCUT2D eigenvalue weighted by Crippen LogP contribution is -2.53. The molecule has 6 heteroatoms. The number of pyridine rings is 1. The number of aliphatic hydroxyl groups excluding tert-OH is 1. The van der Waals surface area contributed by atoms with Crippen molar-refractivity contribution in [3.8, 4) is 0 Å². The summed E-state index contributed by atoms with van der Waals surface area (Å²) < 4.78 is 2.00. The van der Waals surface area contributed by atoms with Crippen LogP contribution in [0.1, 0.15) is 36.9 Å². The van der Waals surface area contributed by atoms with Crippen LogP contribution >= 0.6 is 0 Å². The number of fused-ring (bicyclic) bond motifs is 1. The normalized spacial score (nSPS) is 16.6. The minimum Gasteiger partial charge on any atom is -0.394 e. The Morgan fingerprint density at radius 2 is 2.22 bits per heavy atom. The number of urea groups is 1. The highest BCUT2D eigenvalue weighted by molar-refractivity contribution is 5.74. The van der Waals surface area contributed by atoms with Crippen LogP contribution in [0.4, 0.5) is 4.79 Å². The highest BCUT2D eigenvalue weighted by Crippen LogP contribution is 2.28. The molecule has 23 heavy (non-hydrogen) atoms. The van der Waals surface area contributed by atoms with Crippen molar-refractivity contribution in [2.24, 2.45) is 0 Å². The van der Waals surface area contributed by atoms with Gasteiger partial charge in [0.2, 0.25) is 0 Å². The van der Waals surface area contributed by atoms with Gasteiger partial charge in [-0.25, -0.2) is 9.78 Å². The summed E-state index contributed by atoms with van der Waals surface area (Å²) in [6.45, 7) is 2.57. The molecule has 0 aliphatic heterocycles. The van der Waals surface area contributed by atoms with Gasteiger partial charge in [-0.1, -0.05) is 18.9 Å². The van der Waals surface area contributed by atoms with Gasteiger partial charge in [0.1, 0.15) is 5.65 Å². The molecule has 0 bridgehead atoms. The number of nitrogens with zero attached hydrogens (tertiary/aromatic N) is 2. The van der Waals surface area contributed by atoms with Crippen LogP contribution in [-0.4, -0.2) is 39.2 Å². The predicted molar refractivity (Wildman–Crippen MR) is 88.5 cm³/mol. The van der Waals surface area contributed by atoms with E-state index >= 15 is 0 Å². The molecule has 1 aliphatic carbocycles. The molecule has 1 saturated carbocycles. The van der Waals surface area contributed by atoms with Crippen LogP contribution in [0.3, 0.4) is 0 Å². The first-order valence-corrected chi connectivity index (χ1v) is 8.22. The van der Waals surface area contributed by atoms with Gasteiger partial charge in [0.25, 0.3) is 0 Å². The molecule has 2 aromatic rings. The van der Waals surface area contributed by atoms with Crippen molar-refractivity contribution >= 4 is 11.7 Å². The van der Waals surface area contributed by atoms with Gasteiger partial charge in [-0.15, -0.1) is 0 Å². The molecular formula is C17H24N4O2. The van der Waals surface area contributed by atoms with E-state index in [0.717, 1.165) is 42.6 Å². The molecule has 3 N–H and O–H groups in total. The maximum Gasteiger partial charge on any atom is 0.315 e. The van der Waals surface area contributed by atoms with Gasteiger partial charge in [-0.2, -0.15) is 0 Å². The van der Waals surface area contributed by atoms with Gasteiger partial charge in [-0.3, -0.25) is 0 Å². The largest absolute Gasteiger partial charge is 0.394 e. The SMILES string of the molecule is Cc1cccn2cc(CCNC(=O)NC3(CO)CCCC3)nc12. The van der Waals surface area contributed by atoms with E-state index in [9.17, 15) is 9.90 Å². The van der Waals surface area contributed by atoms with Crippen LogP contribution in [0.15, 0.2) is 24.5 Å². The molecule has 124 valence electrons. The van der Waals surface area contributed by atoms with Gasteiger partial charge < -0.3 is 20.1 Å². The van der Waals surface area contributed by atoms with Crippen molar-refractivity contribution in [3.05, 3.63) is 35.8 Å². The third-order valence-corrected chi connectivity index (χ3v) is 4.64. The quantitative estimate of drug-likeness (QED) is 0.787. The second kappa shape index (κ2) is 6.58. The Hall–Kier alpha value is -2.08. The third-order valence-electron chi connectivity index (χ3n) is 4.64. The number of aliphatic hydroxyl groups is 1. The van der Waals surface area contributed by atoms with Crippen molar-refractivity contribution in [2.75, 3.05) is 13.2 Å². The molecule has 3 rings (SSSR count). The summed E-state index contributed by atoms with van der Waals surface area (Å²) in [6, 6.07) is 3.82. The molecule has 2 heterocycles. The van der Waals surface area contributed by atoms with Crippen molar-refractivity contribution in [1.82, 2.24) is 20.0 Å². The zero-order valence-corrected chi connectivity index (χ0v) is 13.5. The number of aryl methyl sites for hydroxylation is 1. The molecule has 0 saturated heterocycles. The maximum absolute atomic E-state index is 12.0. The van der Waals surface area contributed by atoms with Crippen LogP contribution in [0.25, 0.3) is 5.65 Å². The lowest BCUT2D eigenvalue weighted by molar-refractivity contribution is 0.163. The molecular weight excluding hydrogens is 292 g/mol. The number of carbonyl (C=O) groups is 1. The molecule has 2 amide bonds. The van der Waals surface area contributed by atoms with Crippen molar-refractivity contribution < 1.29 is 9.90 Å². The fourth-order valence-electron chi connectivity index (χ4n) is 3.29. The highest BCUT2D eigenvalue weighted by atomic mass is 16.3. The van der Waals surface area contributed by atoms with E-state index in [1.165, 1.54) is 0 Å². The summed E-state index contributed by atoms with van der Waals surface area (Å²) >= 11 is 0. The molecule has 0 unspecified atom stereocenters. The van der Waals surface area contributed by atoms with E-state index in [2.05, 4.69) is 15.6 Å². The second-order valence-electron chi connectivity index (χ2n) is 6.43. The number of nitrogens with one attached hydrogen (secondary N) is 2. The number of amides is 2. The molecule has 0 spiro atoms. The Balaban J connectivity index is 1.52. The first-order chi connectivity index (χ1) is 11.1. The van der Waals surface area contributed by atoms with Crippen LogP contribution in [0, 0.1) is 6.92 Å². The summed E-state index contributed by atoms with van der Waals surface area (Å²) in [4.78, 5) is 16.6. The summed E-state index contributed by atoms with van der Waals surface area (Å²) in [5.41, 5.74) is 2.62. The number of aromatic nitrogens is 2. The van der Waals surface area contributed by atoms with Crippen LogP contribution in [0.5, 0.6) is 0 Å². The fraction of sp³-hybridized carbons (Fsp3) is 0.529. The van der Waals surface area contributed by atoms with Gasteiger partial charge >= 0.3 is 6.03 Å². The van der Waals surface area contributed by atoms with E-state index in [-0.39, 0.29) is 12.6 Å². The lowest BCUT2D eigenvalue weighted by atomic mass is 9.99. The van der Waals surface area contributed by atoms with Crippen molar-refractivity contribution in [3.63, 3.8) is 0 Å². The molecule has 0 radical (unpaired) electrons. The maximum atomic E-state index is 12.0. The van der Waals surface area contributed by atoms with E-state index in [1.54, 1.807) is 0 Å². The fourth-order valence-corrected chi connectivity index (χ4v) is 3.29. The first kappa shape index (κ1) is 15.8. The lowest BCUT2D eigenvalue weighted by Gasteiger charge is -2.27. The predicted octanol–water partition coefficient (Wildman–Crippen LogP) is 1.79. The van der Waals surface area contributed by atoms with Crippen LogP contribution < -0.4 is 10.6 Å². The first-order valence-electron chi connectivity index (χ1n) is 8.22. The van der Waals surface area contributed by atoms with Crippen molar-refractivity contribution in [1.29, 1.82) is 0 Å². The third kappa shape index (κ3) is 3.47. The van der Waals surface area contributed by atoms with Gasteiger partial charge in [0.05, 0.1) is 17.8 Å². The summed E-state index contributed by atoms with van der Waals surface area (Å²) in [5, 5.41) is 15.3. The standard InChI is InChI=1S/C17H24N4O2/c1-13-5-4-10-21-11-14(19-15(13)21)6-9-18-16(23)20-17(12-22)7-2-3-8-17/h4-5,10-11,22H,2-3,6-9,12H2,1H3,(H2,18,20,23). The molecule has 0 atom stereocenters. The Bertz CT molecular complexity index is 689. The number of hydrogen-bond donors (Lipinski definition) is 3. The van der Waals surface area contributed by atoms with Gasteiger partial charge in [-0.05, 0) is 31.4 Å². The Morgan fingerprint density at radius 3 is 2.91 bits per heavy atom. The number of imidazole rings is 1. The number of rotatable bonds is 5.